The molecule has 0 saturated heterocycles. The van der Waals surface area contributed by atoms with Gasteiger partial charge < -0.3 is 0 Å². The van der Waals surface area contributed by atoms with Gasteiger partial charge in [0.2, 0.25) is 20.0 Å². The molecule has 1 aromatic rings. The number of nitrogens with zero attached hydrogens (tertiary/aromatic N) is 1. The number of hydrogen-bond donors (Lipinski definition) is 1. The zero-order chi connectivity index (χ0) is 14.7. The van der Waals surface area contributed by atoms with E-state index in [1.807, 2.05) is 6.92 Å². The van der Waals surface area contributed by atoms with E-state index in [0.717, 1.165) is 0 Å². The van der Waals surface area contributed by atoms with Crippen LogP contribution in [-0.2, 0) is 20.0 Å². The zero-order valence-electron chi connectivity index (χ0n) is 10.9. The van der Waals surface area contributed by atoms with Crippen molar-refractivity contribution >= 4 is 20.0 Å². The highest BCUT2D eigenvalue weighted by atomic mass is 32.2. The standard InChI is InChI=1S/C11H18N2O4S2/c1-3-9-13(4-2)19(16,17)11-8-6-5-7-10(11)18(12,14)15/h5-8H,3-4,9H2,1-2H3,(H2,12,14,15). The van der Waals surface area contributed by atoms with Crippen LogP contribution in [0.5, 0.6) is 0 Å². The second kappa shape index (κ2) is 6.00. The summed E-state index contributed by atoms with van der Waals surface area (Å²) < 4.78 is 49.0. The first-order chi connectivity index (χ1) is 8.75. The predicted octanol–water partition coefficient (Wildman–Crippen LogP) is 0.755. The highest BCUT2D eigenvalue weighted by Crippen LogP contribution is 2.23. The molecule has 0 heterocycles. The topological polar surface area (TPSA) is 97.5 Å². The highest BCUT2D eigenvalue weighted by Gasteiger charge is 2.28. The first-order valence-electron chi connectivity index (χ1n) is 5.87. The number of hydrogen-bond acceptors (Lipinski definition) is 4. The van der Waals surface area contributed by atoms with Gasteiger partial charge in [0.1, 0.15) is 9.79 Å². The van der Waals surface area contributed by atoms with Gasteiger partial charge in [0.05, 0.1) is 0 Å². The molecule has 0 aromatic heterocycles. The van der Waals surface area contributed by atoms with Crippen molar-refractivity contribution in [3.63, 3.8) is 0 Å². The van der Waals surface area contributed by atoms with Crippen molar-refractivity contribution in [2.24, 2.45) is 5.14 Å². The molecule has 2 N–H and O–H groups in total. The van der Waals surface area contributed by atoms with Gasteiger partial charge in [0.25, 0.3) is 0 Å². The van der Waals surface area contributed by atoms with Crippen LogP contribution in [0.15, 0.2) is 34.1 Å². The molecule has 19 heavy (non-hydrogen) atoms. The summed E-state index contributed by atoms with van der Waals surface area (Å²) in [4.78, 5) is -0.641. The Labute approximate surface area is 114 Å². The van der Waals surface area contributed by atoms with Crippen LogP contribution in [0, 0.1) is 0 Å². The molecule has 0 atom stereocenters. The van der Waals surface area contributed by atoms with Gasteiger partial charge in [-0.25, -0.2) is 22.0 Å². The fourth-order valence-corrected chi connectivity index (χ4v) is 4.63. The van der Waals surface area contributed by atoms with Crippen LogP contribution in [0.3, 0.4) is 0 Å². The molecule has 1 aromatic carbocycles. The molecule has 0 aliphatic rings. The molecule has 108 valence electrons. The molecule has 0 fully saturated rings. The third kappa shape index (κ3) is 3.53. The summed E-state index contributed by atoms with van der Waals surface area (Å²) in [6.07, 6.45) is 0.643. The second-order valence-corrected chi connectivity index (χ2v) is 7.42. The van der Waals surface area contributed by atoms with Crippen molar-refractivity contribution in [3.8, 4) is 0 Å². The van der Waals surface area contributed by atoms with Gasteiger partial charge in [-0.1, -0.05) is 26.0 Å². The number of rotatable bonds is 6. The molecule has 0 amide bonds. The quantitative estimate of drug-likeness (QED) is 0.838. The van der Waals surface area contributed by atoms with Gasteiger partial charge >= 0.3 is 0 Å². The van der Waals surface area contributed by atoms with E-state index in [9.17, 15) is 16.8 Å². The zero-order valence-corrected chi connectivity index (χ0v) is 12.5. The van der Waals surface area contributed by atoms with Crippen molar-refractivity contribution in [3.05, 3.63) is 24.3 Å². The Morgan fingerprint density at radius 3 is 2.00 bits per heavy atom. The van der Waals surface area contributed by atoms with E-state index in [1.54, 1.807) is 6.92 Å². The van der Waals surface area contributed by atoms with Gasteiger partial charge in [-0.2, -0.15) is 4.31 Å². The summed E-state index contributed by atoms with van der Waals surface area (Å²) in [6.45, 7) is 4.16. The molecule has 1 rings (SSSR count). The molecule has 0 bridgehead atoms. The molecular weight excluding hydrogens is 288 g/mol. The first kappa shape index (κ1) is 16.1. The lowest BCUT2D eigenvalue weighted by molar-refractivity contribution is 0.425. The van der Waals surface area contributed by atoms with E-state index in [-0.39, 0.29) is 16.3 Å². The number of primary sulfonamides is 1. The summed E-state index contributed by atoms with van der Waals surface area (Å²) in [7, 11) is -7.93. The maximum Gasteiger partial charge on any atom is 0.244 e. The van der Waals surface area contributed by atoms with E-state index in [1.165, 1.54) is 28.6 Å². The van der Waals surface area contributed by atoms with E-state index >= 15 is 0 Å². The molecule has 8 heteroatoms. The summed E-state index contributed by atoms with van der Waals surface area (Å²) in [5, 5.41) is 5.06. The molecule has 6 nitrogen and oxygen atoms in total. The Balaban J connectivity index is 3.46. The average Bonchev–Trinajstić information content (AvgIpc) is 2.34. The van der Waals surface area contributed by atoms with Gasteiger partial charge in [0.15, 0.2) is 0 Å². The number of benzene rings is 1. The predicted molar refractivity (Wildman–Crippen MR) is 72.5 cm³/mol. The summed E-state index contributed by atoms with van der Waals surface area (Å²) >= 11 is 0. The minimum absolute atomic E-state index is 0.271. The van der Waals surface area contributed by atoms with E-state index in [2.05, 4.69) is 0 Å². The summed E-state index contributed by atoms with van der Waals surface area (Å²) in [5.41, 5.74) is 0. The van der Waals surface area contributed by atoms with Crippen molar-refractivity contribution in [1.82, 2.24) is 4.31 Å². The normalized spacial score (nSPS) is 12.8. The van der Waals surface area contributed by atoms with Crippen LogP contribution in [-0.4, -0.2) is 34.2 Å². The minimum Gasteiger partial charge on any atom is -0.225 e. The smallest absolute Gasteiger partial charge is 0.225 e. The van der Waals surface area contributed by atoms with Gasteiger partial charge in [-0.05, 0) is 18.6 Å². The lowest BCUT2D eigenvalue weighted by Crippen LogP contribution is -2.33. The first-order valence-corrected chi connectivity index (χ1v) is 8.85. The third-order valence-electron chi connectivity index (χ3n) is 2.60. The Hall–Kier alpha value is -0.960. The molecule has 0 radical (unpaired) electrons. The molecule has 0 aliphatic heterocycles. The molecule has 0 aliphatic carbocycles. The second-order valence-electron chi connectivity index (χ2n) is 3.99. The van der Waals surface area contributed by atoms with Gasteiger partial charge in [-0.3, -0.25) is 0 Å². The Morgan fingerprint density at radius 1 is 1.05 bits per heavy atom. The molecule has 0 spiro atoms. The van der Waals surface area contributed by atoms with Crippen LogP contribution >= 0.6 is 0 Å². The van der Waals surface area contributed by atoms with Crippen molar-refractivity contribution in [2.75, 3.05) is 13.1 Å². The average molecular weight is 306 g/mol. The molecule has 0 saturated carbocycles. The van der Waals surface area contributed by atoms with Crippen LogP contribution in [0.1, 0.15) is 20.3 Å². The highest BCUT2D eigenvalue weighted by molar-refractivity contribution is 7.92. The fourth-order valence-electron chi connectivity index (χ4n) is 1.74. The number of nitrogens with two attached hydrogens (primary N) is 1. The van der Waals surface area contributed by atoms with Crippen molar-refractivity contribution < 1.29 is 16.8 Å². The Morgan fingerprint density at radius 2 is 1.58 bits per heavy atom. The van der Waals surface area contributed by atoms with Gasteiger partial charge in [0, 0.05) is 13.1 Å². The molecular formula is C11H18N2O4S2. The fraction of sp³-hybridized carbons (Fsp3) is 0.455. The SMILES string of the molecule is CCCN(CC)S(=O)(=O)c1ccccc1S(N)(=O)=O. The van der Waals surface area contributed by atoms with Crippen molar-refractivity contribution in [2.45, 2.75) is 30.1 Å². The largest absolute Gasteiger partial charge is 0.244 e. The monoisotopic (exact) mass is 306 g/mol. The summed E-state index contributed by atoms with van der Waals surface area (Å²) in [6, 6.07) is 5.37. The van der Waals surface area contributed by atoms with E-state index in [4.69, 9.17) is 5.14 Å². The third-order valence-corrected chi connectivity index (χ3v) is 5.73. The van der Waals surface area contributed by atoms with Crippen LogP contribution in [0.2, 0.25) is 0 Å². The van der Waals surface area contributed by atoms with Crippen molar-refractivity contribution in [1.29, 1.82) is 0 Å². The summed E-state index contributed by atoms with van der Waals surface area (Å²) in [5.74, 6) is 0. The number of sulfonamides is 2. The Bertz CT molecular complexity index is 638. The van der Waals surface area contributed by atoms with Gasteiger partial charge in [-0.15, -0.1) is 0 Å². The van der Waals surface area contributed by atoms with Crippen LogP contribution in [0.4, 0.5) is 0 Å². The Kier molecular flexibility index (Phi) is 5.08. The van der Waals surface area contributed by atoms with Crippen LogP contribution in [0.25, 0.3) is 0 Å². The lowest BCUT2D eigenvalue weighted by Gasteiger charge is -2.20. The minimum atomic E-state index is -4.08. The lowest BCUT2D eigenvalue weighted by atomic mass is 10.4. The van der Waals surface area contributed by atoms with E-state index < -0.39 is 20.0 Å². The van der Waals surface area contributed by atoms with E-state index in [0.29, 0.717) is 13.0 Å². The maximum atomic E-state index is 12.4. The van der Waals surface area contributed by atoms with Crippen LogP contribution < -0.4 is 5.14 Å². The maximum absolute atomic E-state index is 12.4. The molecule has 0 unspecified atom stereocenters.